The van der Waals surface area contributed by atoms with Crippen molar-refractivity contribution in [1.82, 2.24) is 14.5 Å². The molecule has 110 valence electrons. The molecule has 6 nitrogen and oxygen atoms in total. The Bertz CT molecular complexity index is 592. The molecular formula is C14H22N4O2. The van der Waals surface area contributed by atoms with Gasteiger partial charge >= 0.3 is 5.69 Å². The lowest BCUT2D eigenvalue weighted by molar-refractivity contribution is 0.328. The molecule has 0 atom stereocenters. The summed E-state index contributed by atoms with van der Waals surface area (Å²) in [5.74, 6) is 0.373. The first-order valence-corrected chi connectivity index (χ1v) is 7.52. The van der Waals surface area contributed by atoms with Crippen LogP contribution in [0.5, 0.6) is 0 Å². The maximum Gasteiger partial charge on any atom is 0.330 e. The lowest BCUT2D eigenvalue weighted by atomic mass is 10.2. The van der Waals surface area contributed by atoms with Gasteiger partial charge in [-0.2, -0.15) is 0 Å². The Balaban J connectivity index is 1.98. The van der Waals surface area contributed by atoms with Crippen LogP contribution in [-0.4, -0.2) is 27.5 Å². The molecule has 2 heterocycles. The molecule has 1 aliphatic carbocycles. The summed E-state index contributed by atoms with van der Waals surface area (Å²) in [6, 6.07) is 0.150. The highest BCUT2D eigenvalue weighted by Crippen LogP contribution is 2.30. The Hall–Kier alpha value is -1.56. The molecule has 3 rings (SSSR count). The van der Waals surface area contributed by atoms with Crippen LogP contribution in [-0.2, 0) is 6.54 Å². The number of likely N-dealkylation sites (tertiary alicyclic amines) is 1. The number of hydrogen-bond donors (Lipinski definition) is 2. The molecule has 1 saturated carbocycles. The van der Waals surface area contributed by atoms with E-state index in [2.05, 4.69) is 9.88 Å². The second-order valence-electron chi connectivity index (χ2n) is 5.91. The lowest BCUT2D eigenvalue weighted by Crippen LogP contribution is -2.38. The van der Waals surface area contributed by atoms with Gasteiger partial charge in [-0.3, -0.25) is 19.2 Å². The Morgan fingerprint density at radius 1 is 1.10 bits per heavy atom. The van der Waals surface area contributed by atoms with Crippen molar-refractivity contribution >= 4 is 5.82 Å². The molecule has 1 aromatic rings. The molecular weight excluding hydrogens is 256 g/mol. The van der Waals surface area contributed by atoms with Gasteiger partial charge in [0, 0.05) is 12.6 Å². The normalized spacial score (nSPS) is 20.8. The third-order valence-electron chi connectivity index (χ3n) is 4.55. The Kier molecular flexibility index (Phi) is 3.65. The van der Waals surface area contributed by atoms with E-state index in [0.29, 0.717) is 17.9 Å². The van der Waals surface area contributed by atoms with Crippen molar-refractivity contribution in [2.45, 2.75) is 51.1 Å². The topological polar surface area (TPSA) is 84.1 Å². The van der Waals surface area contributed by atoms with Gasteiger partial charge in [-0.15, -0.1) is 0 Å². The van der Waals surface area contributed by atoms with Crippen LogP contribution in [0.4, 0.5) is 5.82 Å². The van der Waals surface area contributed by atoms with Gasteiger partial charge in [0.05, 0.1) is 5.56 Å². The number of aromatic nitrogens is 2. The Labute approximate surface area is 117 Å². The van der Waals surface area contributed by atoms with Gasteiger partial charge in [0.15, 0.2) is 0 Å². The smallest absolute Gasteiger partial charge is 0.330 e. The van der Waals surface area contributed by atoms with E-state index in [4.69, 9.17) is 5.73 Å². The van der Waals surface area contributed by atoms with Gasteiger partial charge in [-0.1, -0.05) is 12.8 Å². The minimum absolute atomic E-state index is 0.150. The van der Waals surface area contributed by atoms with Crippen LogP contribution >= 0.6 is 0 Å². The van der Waals surface area contributed by atoms with Crippen LogP contribution in [0.2, 0.25) is 0 Å². The largest absolute Gasteiger partial charge is 0.385 e. The van der Waals surface area contributed by atoms with Gasteiger partial charge in [0.2, 0.25) is 0 Å². The molecule has 3 N–H and O–H groups in total. The number of hydrogen-bond acceptors (Lipinski definition) is 4. The van der Waals surface area contributed by atoms with Gasteiger partial charge in [-0.25, -0.2) is 4.79 Å². The molecule has 0 aromatic carbocycles. The van der Waals surface area contributed by atoms with Crippen LogP contribution in [0.1, 0.15) is 50.1 Å². The highest BCUT2D eigenvalue weighted by molar-refractivity contribution is 5.39. The first-order valence-electron chi connectivity index (χ1n) is 7.52. The van der Waals surface area contributed by atoms with Crippen molar-refractivity contribution in [2.24, 2.45) is 0 Å². The average Bonchev–Trinajstić information content (AvgIpc) is 3.07. The fourth-order valence-corrected chi connectivity index (χ4v) is 3.45. The number of nitrogen functional groups attached to an aromatic ring is 1. The summed E-state index contributed by atoms with van der Waals surface area (Å²) in [5.41, 5.74) is 6.03. The molecule has 1 aromatic heterocycles. The molecule has 2 fully saturated rings. The second-order valence-corrected chi connectivity index (χ2v) is 5.91. The minimum atomic E-state index is -0.357. The monoisotopic (exact) mass is 278 g/mol. The Morgan fingerprint density at radius 3 is 2.40 bits per heavy atom. The summed E-state index contributed by atoms with van der Waals surface area (Å²) < 4.78 is 1.61. The summed E-state index contributed by atoms with van der Waals surface area (Å²) in [5, 5.41) is 0. The summed E-state index contributed by atoms with van der Waals surface area (Å²) in [6.45, 7) is 2.55. The molecule has 0 radical (unpaired) electrons. The van der Waals surface area contributed by atoms with Crippen molar-refractivity contribution in [3.63, 3.8) is 0 Å². The van der Waals surface area contributed by atoms with E-state index in [0.717, 1.165) is 38.8 Å². The Morgan fingerprint density at radius 2 is 1.75 bits per heavy atom. The third-order valence-corrected chi connectivity index (χ3v) is 4.55. The van der Waals surface area contributed by atoms with Crippen molar-refractivity contribution in [2.75, 3.05) is 18.8 Å². The maximum absolute atomic E-state index is 12.1. The standard InChI is InChI=1S/C14H22N4O2/c15-12-11(9-17-7-3-4-8-17)13(19)16-14(20)18(12)10-5-1-2-6-10/h10H,1-9,15H2,(H,16,19,20). The van der Waals surface area contributed by atoms with E-state index in [1.54, 1.807) is 4.57 Å². The first-order chi connectivity index (χ1) is 9.66. The number of nitrogens with two attached hydrogens (primary N) is 1. The van der Waals surface area contributed by atoms with Crippen LogP contribution < -0.4 is 17.0 Å². The zero-order valence-electron chi connectivity index (χ0n) is 11.7. The van der Waals surface area contributed by atoms with Crippen LogP contribution in [0.25, 0.3) is 0 Å². The highest BCUT2D eigenvalue weighted by Gasteiger charge is 2.24. The zero-order chi connectivity index (χ0) is 14.1. The highest BCUT2D eigenvalue weighted by atomic mass is 16.2. The van der Waals surface area contributed by atoms with Gasteiger partial charge in [-0.05, 0) is 38.8 Å². The molecule has 6 heteroatoms. The van der Waals surface area contributed by atoms with E-state index < -0.39 is 0 Å². The van der Waals surface area contributed by atoms with Crippen molar-refractivity contribution in [1.29, 1.82) is 0 Å². The summed E-state index contributed by atoms with van der Waals surface area (Å²) in [6.07, 6.45) is 6.52. The predicted octanol–water partition coefficient (Wildman–Crippen LogP) is 0.830. The molecule has 0 spiro atoms. The number of aromatic amines is 1. The number of nitrogens with zero attached hydrogens (tertiary/aromatic N) is 2. The fraction of sp³-hybridized carbons (Fsp3) is 0.714. The van der Waals surface area contributed by atoms with Crippen LogP contribution in [0, 0.1) is 0 Å². The fourth-order valence-electron chi connectivity index (χ4n) is 3.45. The molecule has 1 saturated heterocycles. The van der Waals surface area contributed by atoms with Gasteiger partial charge in [0.1, 0.15) is 5.82 Å². The molecule has 20 heavy (non-hydrogen) atoms. The van der Waals surface area contributed by atoms with Crippen molar-refractivity contribution in [3.8, 4) is 0 Å². The van der Waals surface area contributed by atoms with Crippen LogP contribution in [0.3, 0.4) is 0 Å². The summed E-state index contributed by atoms with van der Waals surface area (Å²) in [7, 11) is 0. The van der Waals surface area contributed by atoms with E-state index in [1.165, 1.54) is 12.8 Å². The second kappa shape index (κ2) is 5.44. The number of H-pyrrole nitrogens is 1. The molecule has 0 unspecified atom stereocenters. The average molecular weight is 278 g/mol. The maximum atomic E-state index is 12.1. The molecule has 0 bridgehead atoms. The number of rotatable bonds is 3. The summed E-state index contributed by atoms with van der Waals surface area (Å²) in [4.78, 5) is 28.8. The van der Waals surface area contributed by atoms with Crippen LogP contribution in [0.15, 0.2) is 9.59 Å². The number of nitrogens with one attached hydrogen (secondary N) is 1. The summed E-state index contributed by atoms with van der Waals surface area (Å²) >= 11 is 0. The van der Waals surface area contributed by atoms with E-state index in [1.807, 2.05) is 0 Å². The van der Waals surface area contributed by atoms with E-state index >= 15 is 0 Å². The molecule has 0 amide bonds. The van der Waals surface area contributed by atoms with Gasteiger partial charge in [0.25, 0.3) is 5.56 Å². The first kappa shape index (κ1) is 13.4. The van der Waals surface area contributed by atoms with Gasteiger partial charge < -0.3 is 5.73 Å². The number of anilines is 1. The van der Waals surface area contributed by atoms with Crippen molar-refractivity contribution in [3.05, 3.63) is 26.4 Å². The molecule has 2 aliphatic rings. The zero-order valence-corrected chi connectivity index (χ0v) is 11.7. The van der Waals surface area contributed by atoms with E-state index in [-0.39, 0.29) is 17.3 Å². The van der Waals surface area contributed by atoms with Crippen molar-refractivity contribution < 1.29 is 0 Å². The lowest BCUT2D eigenvalue weighted by Gasteiger charge is -2.20. The SMILES string of the molecule is Nc1c(CN2CCCC2)c(=O)[nH]c(=O)n1C1CCCC1. The molecule has 1 aliphatic heterocycles. The minimum Gasteiger partial charge on any atom is -0.385 e. The third kappa shape index (κ3) is 2.40. The quantitative estimate of drug-likeness (QED) is 0.857. The predicted molar refractivity (Wildman–Crippen MR) is 77.8 cm³/mol. The van der Waals surface area contributed by atoms with E-state index in [9.17, 15) is 9.59 Å².